The molecule has 26 heavy (non-hydrogen) atoms. The van der Waals surface area contributed by atoms with Crippen molar-refractivity contribution >= 4 is 0 Å². The highest BCUT2D eigenvalue weighted by Gasteiger charge is 2.30. The van der Waals surface area contributed by atoms with Crippen LogP contribution in [0.3, 0.4) is 0 Å². The van der Waals surface area contributed by atoms with Crippen LogP contribution in [0, 0.1) is 17.8 Å². The van der Waals surface area contributed by atoms with Crippen molar-refractivity contribution in [1.82, 2.24) is 9.80 Å². The van der Waals surface area contributed by atoms with Crippen molar-refractivity contribution in [2.75, 3.05) is 26.2 Å². The summed E-state index contributed by atoms with van der Waals surface area (Å²) in [7, 11) is 0. The molecule has 3 heteroatoms. The lowest BCUT2D eigenvalue weighted by Gasteiger charge is -2.33. The second-order valence-corrected chi connectivity index (χ2v) is 7.39. The number of aliphatic hydroxyl groups excluding tert-OH is 1. The van der Waals surface area contributed by atoms with Gasteiger partial charge in [0, 0.05) is 18.7 Å². The summed E-state index contributed by atoms with van der Waals surface area (Å²) in [5.41, 5.74) is 3.44. The lowest BCUT2D eigenvalue weighted by molar-refractivity contribution is -0.00325. The zero-order valence-electron chi connectivity index (χ0n) is 15.1. The standard InChI is InChI=1S/C23H26N2O/c26-23-22-11-5-4-10-21(22)18-25(23)17-20-12-15-24(16-13-20)14-6-9-19-7-2-1-3-8-19/h1-5,7-8,10-11,20,23,26H,12-18H2. The van der Waals surface area contributed by atoms with Crippen LogP contribution in [0.25, 0.3) is 0 Å². The van der Waals surface area contributed by atoms with Gasteiger partial charge in [-0.25, -0.2) is 0 Å². The average Bonchev–Trinajstić information content (AvgIpc) is 3.00. The minimum absolute atomic E-state index is 0.430. The third kappa shape index (κ3) is 3.99. The molecule has 0 amide bonds. The zero-order chi connectivity index (χ0) is 17.8. The molecule has 0 aromatic heterocycles. The fourth-order valence-electron chi connectivity index (χ4n) is 4.03. The molecule has 1 saturated heterocycles. The van der Waals surface area contributed by atoms with Crippen molar-refractivity contribution in [1.29, 1.82) is 0 Å². The molecule has 0 spiro atoms. The number of aliphatic hydroxyl groups is 1. The van der Waals surface area contributed by atoms with Gasteiger partial charge < -0.3 is 5.11 Å². The van der Waals surface area contributed by atoms with E-state index in [2.05, 4.69) is 45.9 Å². The summed E-state index contributed by atoms with van der Waals surface area (Å²) in [5.74, 6) is 7.21. The molecule has 0 radical (unpaired) electrons. The fraction of sp³-hybridized carbons (Fsp3) is 0.391. The van der Waals surface area contributed by atoms with Crippen LogP contribution in [0.5, 0.6) is 0 Å². The Labute approximate surface area is 156 Å². The molecule has 0 saturated carbocycles. The minimum Gasteiger partial charge on any atom is -0.374 e. The van der Waals surface area contributed by atoms with Gasteiger partial charge in [-0.05, 0) is 55.1 Å². The Morgan fingerprint density at radius 1 is 0.962 bits per heavy atom. The lowest BCUT2D eigenvalue weighted by Crippen LogP contribution is -2.38. The molecule has 2 aliphatic heterocycles. The van der Waals surface area contributed by atoms with Crippen LogP contribution in [0.2, 0.25) is 0 Å². The number of fused-ring (bicyclic) bond motifs is 1. The Morgan fingerprint density at radius 2 is 1.69 bits per heavy atom. The average molecular weight is 346 g/mol. The lowest BCUT2D eigenvalue weighted by atomic mass is 9.96. The van der Waals surface area contributed by atoms with E-state index in [-0.39, 0.29) is 0 Å². The third-order valence-electron chi connectivity index (χ3n) is 5.56. The number of piperidine rings is 1. The van der Waals surface area contributed by atoms with E-state index < -0.39 is 6.23 Å². The van der Waals surface area contributed by atoms with Crippen molar-refractivity contribution < 1.29 is 5.11 Å². The molecular weight excluding hydrogens is 320 g/mol. The molecule has 3 nitrogen and oxygen atoms in total. The van der Waals surface area contributed by atoms with Crippen LogP contribution in [0.1, 0.15) is 35.8 Å². The minimum atomic E-state index is -0.430. The Balaban J connectivity index is 1.24. The maximum absolute atomic E-state index is 10.5. The van der Waals surface area contributed by atoms with Gasteiger partial charge in [-0.1, -0.05) is 54.3 Å². The molecule has 2 aromatic carbocycles. The predicted molar refractivity (Wildman–Crippen MR) is 104 cm³/mol. The summed E-state index contributed by atoms with van der Waals surface area (Å²) in [6, 6.07) is 18.4. The summed E-state index contributed by atoms with van der Waals surface area (Å²) >= 11 is 0. The van der Waals surface area contributed by atoms with Crippen LogP contribution in [0.4, 0.5) is 0 Å². The molecule has 1 unspecified atom stereocenters. The molecule has 1 fully saturated rings. The molecule has 2 aromatic rings. The Morgan fingerprint density at radius 3 is 2.46 bits per heavy atom. The van der Waals surface area contributed by atoms with Crippen LogP contribution < -0.4 is 0 Å². The van der Waals surface area contributed by atoms with Crippen molar-refractivity contribution in [3.63, 3.8) is 0 Å². The van der Waals surface area contributed by atoms with Crippen LogP contribution in [-0.4, -0.2) is 41.1 Å². The SMILES string of the molecule is OC1c2ccccc2CN1CC1CCN(CC#Cc2ccccc2)CC1. The summed E-state index contributed by atoms with van der Waals surface area (Å²) in [6.07, 6.45) is 1.94. The second-order valence-electron chi connectivity index (χ2n) is 7.39. The molecule has 4 rings (SSSR count). The van der Waals surface area contributed by atoms with Crippen molar-refractivity contribution in [2.24, 2.45) is 5.92 Å². The predicted octanol–water partition coefficient (Wildman–Crippen LogP) is 3.26. The van der Waals surface area contributed by atoms with Crippen molar-refractivity contribution in [3.8, 4) is 11.8 Å². The van der Waals surface area contributed by atoms with Crippen LogP contribution in [0.15, 0.2) is 54.6 Å². The highest BCUT2D eigenvalue weighted by atomic mass is 16.3. The number of hydrogen-bond donors (Lipinski definition) is 1. The first kappa shape index (κ1) is 17.3. The van der Waals surface area contributed by atoms with E-state index in [1.54, 1.807) is 0 Å². The number of rotatable bonds is 3. The van der Waals surface area contributed by atoms with Gasteiger partial charge in [-0.2, -0.15) is 0 Å². The summed E-state index contributed by atoms with van der Waals surface area (Å²) in [6.45, 7) is 4.91. The van der Waals surface area contributed by atoms with Gasteiger partial charge in [0.15, 0.2) is 0 Å². The van der Waals surface area contributed by atoms with E-state index in [9.17, 15) is 5.11 Å². The zero-order valence-corrected chi connectivity index (χ0v) is 15.1. The van der Waals surface area contributed by atoms with E-state index in [0.717, 1.165) is 43.9 Å². The molecule has 0 aliphatic carbocycles. The van der Waals surface area contributed by atoms with E-state index in [1.165, 1.54) is 18.4 Å². The molecule has 2 aliphatic rings. The van der Waals surface area contributed by atoms with Crippen LogP contribution >= 0.6 is 0 Å². The molecule has 2 heterocycles. The monoisotopic (exact) mass is 346 g/mol. The van der Waals surface area contributed by atoms with Crippen molar-refractivity contribution in [2.45, 2.75) is 25.6 Å². The van der Waals surface area contributed by atoms with Gasteiger partial charge in [0.25, 0.3) is 0 Å². The van der Waals surface area contributed by atoms with E-state index in [0.29, 0.717) is 5.92 Å². The van der Waals surface area contributed by atoms with Gasteiger partial charge in [-0.15, -0.1) is 0 Å². The van der Waals surface area contributed by atoms with Gasteiger partial charge >= 0.3 is 0 Å². The Kier molecular flexibility index (Phi) is 5.36. The van der Waals surface area contributed by atoms with Gasteiger partial charge in [0.05, 0.1) is 6.54 Å². The van der Waals surface area contributed by atoms with E-state index >= 15 is 0 Å². The molecule has 0 bridgehead atoms. The first-order valence-corrected chi connectivity index (χ1v) is 9.56. The number of nitrogens with zero attached hydrogens (tertiary/aromatic N) is 2. The fourth-order valence-corrected chi connectivity index (χ4v) is 4.03. The van der Waals surface area contributed by atoms with Crippen LogP contribution in [-0.2, 0) is 6.54 Å². The highest BCUT2D eigenvalue weighted by Crippen LogP contribution is 2.33. The maximum atomic E-state index is 10.5. The number of hydrogen-bond acceptors (Lipinski definition) is 3. The normalized spacial score (nSPS) is 21.2. The summed E-state index contributed by atoms with van der Waals surface area (Å²) in [5, 5.41) is 10.5. The smallest absolute Gasteiger partial charge is 0.134 e. The second kappa shape index (κ2) is 8.05. The summed E-state index contributed by atoms with van der Waals surface area (Å²) in [4.78, 5) is 4.67. The van der Waals surface area contributed by atoms with Crippen molar-refractivity contribution in [3.05, 3.63) is 71.3 Å². The molecule has 1 atom stereocenters. The quantitative estimate of drug-likeness (QED) is 0.864. The molecule has 134 valence electrons. The first-order valence-electron chi connectivity index (χ1n) is 9.56. The molecular formula is C23H26N2O. The first-order chi connectivity index (χ1) is 12.8. The Bertz CT molecular complexity index is 785. The van der Waals surface area contributed by atoms with E-state index in [4.69, 9.17) is 0 Å². The Hall–Kier alpha value is -2.12. The highest BCUT2D eigenvalue weighted by molar-refractivity contribution is 5.34. The number of benzene rings is 2. The maximum Gasteiger partial charge on any atom is 0.134 e. The van der Waals surface area contributed by atoms with Gasteiger partial charge in [-0.3, -0.25) is 9.80 Å². The third-order valence-corrected chi connectivity index (χ3v) is 5.56. The van der Waals surface area contributed by atoms with E-state index in [1.807, 2.05) is 30.3 Å². The largest absolute Gasteiger partial charge is 0.374 e. The topological polar surface area (TPSA) is 26.7 Å². The number of likely N-dealkylation sites (tertiary alicyclic amines) is 1. The summed E-state index contributed by atoms with van der Waals surface area (Å²) < 4.78 is 0. The molecule has 1 N–H and O–H groups in total. The van der Waals surface area contributed by atoms with Gasteiger partial charge in [0.2, 0.25) is 0 Å². The van der Waals surface area contributed by atoms with Gasteiger partial charge in [0.1, 0.15) is 6.23 Å².